The number of carbonyl (C=O) groups excluding carboxylic acids is 1. The van der Waals surface area contributed by atoms with E-state index >= 15 is 0 Å². The van der Waals surface area contributed by atoms with Gasteiger partial charge in [0.15, 0.2) is 0 Å². The first-order chi connectivity index (χ1) is 7.75. The minimum Gasteiger partial charge on any atom is -0.475 e. The SMILES string of the molecule is CCCCCOC(=O)CC.O=C(O)C(F)(F)F. The molecule has 0 spiro atoms. The lowest BCUT2D eigenvalue weighted by Crippen LogP contribution is -2.21. The minimum absolute atomic E-state index is 0.0869. The number of esters is 1. The van der Waals surface area contributed by atoms with E-state index in [1.807, 2.05) is 6.92 Å². The Morgan fingerprint density at radius 1 is 1.18 bits per heavy atom. The molecule has 0 unspecified atom stereocenters. The smallest absolute Gasteiger partial charge is 0.475 e. The van der Waals surface area contributed by atoms with Crippen molar-refractivity contribution in [3.05, 3.63) is 0 Å². The molecule has 17 heavy (non-hydrogen) atoms. The maximum Gasteiger partial charge on any atom is 0.490 e. The second kappa shape index (κ2) is 9.92. The first kappa shape index (κ1) is 18.1. The number of carbonyl (C=O) groups is 2. The summed E-state index contributed by atoms with van der Waals surface area (Å²) in [7, 11) is 0. The van der Waals surface area contributed by atoms with Crippen LogP contribution < -0.4 is 0 Å². The van der Waals surface area contributed by atoms with E-state index < -0.39 is 12.1 Å². The quantitative estimate of drug-likeness (QED) is 0.608. The van der Waals surface area contributed by atoms with Gasteiger partial charge < -0.3 is 9.84 Å². The Balaban J connectivity index is 0. The molecule has 0 heterocycles. The molecule has 0 rings (SSSR count). The van der Waals surface area contributed by atoms with Gasteiger partial charge in [-0.1, -0.05) is 26.7 Å². The van der Waals surface area contributed by atoms with Crippen molar-refractivity contribution >= 4 is 11.9 Å². The summed E-state index contributed by atoms with van der Waals surface area (Å²) in [6.45, 7) is 4.53. The molecule has 0 aliphatic carbocycles. The summed E-state index contributed by atoms with van der Waals surface area (Å²) in [6, 6.07) is 0. The van der Waals surface area contributed by atoms with Gasteiger partial charge in [-0.3, -0.25) is 4.79 Å². The van der Waals surface area contributed by atoms with Gasteiger partial charge in [0.05, 0.1) is 6.61 Å². The van der Waals surface area contributed by atoms with Gasteiger partial charge in [-0.2, -0.15) is 13.2 Å². The fourth-order valence-electron chi connectivity index (χ4n) is 0.640. The summed E-state index contributed by atoms with van der Waals surface area (Å²) in [4.78, 5) is 19.4. The second-order valence-electron chi connectivity index (χ2n) is 3.08. The number of halogens is 3. The highest BCUT2D eigenvalue weighted by Crippen LogP contribution is 2.13. The third-order valence-electron chi connectivity index (χ3n) is 1.54. The molecule has 0 aromatic heterocycles. The minimum atomic E-state index is -5.08. The Bertz CT molecular complexity index is 226. The number of alkyl halides is 3. The molecule has 102 valence electrons. The largest absolute Gasteiger partial charge is 0.490 e. The maximum absolute atomic E-state index is 10.6. The van der Waals surface area contributed by atoms with E-state index in [2.05, 4.69) is 6.92 Å². The Kier molecular flexibility index (Phi) is 10.6. The van der Waals surface area contributed by atoms with Crippen molar-refractivity contribution < 1.29 is 32.6 Å². The molecule has 0 bridgehead atoms. The van der Waals surface area contributed by atoms with Crippen LogP contribution in [0.3, 0.4) is 0 Å². The van der Waals surface area contributed by atoms with Crippen molar-refractivity contribution in [2.24, 2.45) is 0 Å². The van der Waals surface area contributed by atoms with Crippen LogP contribution in [0, 0.1) is 0 Å². The highest BCUT2D eigenvalue weighted by atomic mass is 19.4. The third kappa shape index (κ3) is 14.7. The van der Waals surface area contributed by atoms with Crippen LogP contribution in [0.1, 0.15) is 39.5 Å². The van der Waals surface area contributed by atoms with E-state index in [1.54, 1.807) is 0 Å². The number of aliphatic carboxylic acids is 1. The van der Waals surface area contributed by atoms with E-state index in [4.69, 9.17) is 14.6 Å². The molecule has 0 aromatic rings. The summed E-state index contributed by atoms with van der Waals surface area (Å²) < 4.78 is 36.6. The van der Waals surface area contributed by atoms with Crippen molar-refractivity contribution in [1.82, 2.24) is 0 Å². The zero-order valence-electron chi connectivity index (χ0n) is 9.84. The monoisotopic (exact) mass is 258 g/mol. The van der Waals surface area contributed by atoms with E-state index in [0.29, 0.717) is 13.0 Å². The number of ether oxygens (including phenoxy) is 1. The molecule has 0 atom stereocenters. The molecule has 0 fully saturated rings. The topological polar surface area (TPSA) is 63.6 Å². The van der Waals surface area contributed by atoms with Crippen LogP contribution in [0.4, 0.5) is 13.2 Å². The van der Waals surface area contributed by atoms with Crippen molar-refractivity contribution in [3.8, 4) is 0 Å². The first-order valence-corrected chi connectivity index (χ1v) is 5.21. The summed E-state index contributed by atoms with van der Waals surface area (Å²) in [5.74, 6) is -2.84. The molecular formula is C10H17F3O4. The first-order valence-electron chi connectivity index (χ1n) is 5.21. The maximum atomic E-state index is 10.6. The fraction of sp³-hybridized carbons (Fsp3) is 0.800. The predicted molar refractivity (Wildman–Crippen MR) is 54.5 cm³/mol. The summed E-state index contributed by atoms with van der Waals surface area (Å²) >= 11 is 0. The van der Waals surface area contributed by atoms with Crippen LogP contribution in [0.5, 0.6) is 0 Å². The second-order valence-corrected chi connectivity index (χ2v) is 3.08. The van der Waals surface area contributed by atoms with E-state index in [1.165, 1.54) is 6.42 Å². The van der Waals surface area contributed by atoms with Crippen molar-refractivity contribution in [2.45, 2.75) is 45.7 Å². The average Bonchev–Trinajstić information content (AvgIpc) is 2.23. The number of hydrogen-bond donors (Lipinski definition) is 1. The third-order valence-corrected chi connectivity index (χ3v) is 1.54. The lowest BCUT2D eigenvalue weighted by Gasteiger charge is -2.00. The lowest BCUT2D eigenvalue weighted by molar-refractivity contribution is -0.192. The summed E-state index contributed by atoms with van der Waals surface area (Å²) in [5, 5.41) is 7.12. The molecule has 7 heteroatoms. The van der Waals surface area contributed by atoms with E-state index in [-0.39, 0.29) is 5.97 Å². The molecule has 4 nitrogen and oxygen atoms in total. The van der Waals surface area contributed by atoms with Gasteiger partial charge in [-0.15, -0.1) is 0 Å². The Labute approximate surface area is 97.8 Å². The number of carboxylic acids is 1. The number of hydrogen-bond acceptors (Lipinski definition) is 3. The van der Waals surface area contributed by atoms with Gasteiger partial charge >= 0.3 is 18.1 Å². The summed E-state index contributed by atoms with van der Waals surface area (Å²) in [6.07, 6.45) is -1.27. The molecule has 0 aromatic carbocycles. The molecule has 0 aliphatic heterocycles. The Morgan fingerprint density at radius 2 is 1.65 bits per heavy atom. The van der Waals surface area contributed by atoms with Crippen LogP contribution in [0.2, 0.25) is 0 Å². The standard InChI is InChI=1S/C8H16O2.C2HF3O2/c1-3-5-6-7-10-8(9)4-2;3-2(4,5)1(6)7/h3-7H2,1-2H3;(H,6,7). The number of rotatable bonds is 5. The summed E-state index contributed by atoms with van der Waals surface area (Å²) in [5.41, 5.74) is 0. The van der Waals surface area contributed by atoms with Gasteiger partial charge in [0.25, 0.3) is 0 Å². The zero-order chi connectivity index (χ0) is 13.9. The Hall–Kier alpha value is -1.27. The fourth-order valence-corrected chi connectivity index (χ4v) is 0.640. The van der Waals surface area contributed by atoms with Crippen molar-refractivity contribution in [1.29, 1.82) is 0 Å². The molecule has 0 aliphatic rings. The van der Waals surface area contributed by atoms with Crippen molar-refractivity contribution in [2.75, 3.05) is 6.61 Å². The average molecular weight is 258 g/mol. The van der Waals surface area contributed by atoms with Gasteiger partial charge in [0, 0.05) is 6.42 Å². The predicted octanol–water partition coefficient (Wildman–Crippen LogP) is 2.76. The number of unbranched alkanes of at least 4 members (excludes halogenated alkanes) is 2. The molecule has 0 saturated heterocycles. The van der Waals surface area contributed by atoms with Crippen molar-refractivity contribution in [3.63, 3.8) is 0 Å². The lowest BCUT2D eigenvalue weighted by atomic mass is 10.3. The zero-order valence-corrected chi connectivity index (χ0v) is 9.84. The molecule has 0 radical (unpaired) electrons. The van der Waals surface area contributed by atoms with E-state index in [0.717, 1.165) is 12.8 Å². The van der Waals surface area contributed by atoms with Gasteiger partial charge in [-0.05, 0) is 6.42 Å². The molecule has 1 N–H and O–H groups in total. The highest BCUT2D eigenvalue weighted by molar-refractivity contribution is 5.73. The van der Waals surface area contributed by atoms with Gasteiger partial charge in [0.2, 0.25) is 0 Å². The molecular weight excluding hydrogens is 241 g/mol. The van der Waals surface area contributed by atoms with Gasteiger partial charge in [0.1, 0.15) is 0 Å². The number of carboxylic acid groups (broad SMARTS) is 1. The van der Waals surface area contributed by atoms with Crippen LogP contribution in [0.15, 0.2) is 0 Å². The molecule has 0 amide bonds. The normalized spacial score (nSPS) is 10.2. The highest BCUT2D eigenvalue weighted by Gasteiger charge is 2.38. The Morgan fingerprint density at radius 3 is 1.94 bits per heavy atom. The van der Waals surface area contributed by atoms with Crippen LogP contribution >= 0.6 is 0 Å². The molecule has 0 saturated carbocycles. The van der Waals surface area contributed by atoms with Crippen LogP contribution in [-0.2, 0) is 14.3 Å². The van der Waals surface area contributed by atoms with Crippen LogP contribution in [0.25, 0.3) is 0 Å². The van der Waals surface area contributed by atoms with Crippen LogP contribution in [-0.4, -0.2) is 29.8 Å². The van der Waals surface area contributed by atoms with E-state index in [9.17, 15) is 18.0 Å². The van der Waals surface area contributed by atoms with Gasteiger partial charge in [-0.25, -0.2) is 4.79 Å².